The molecule has 15 heavy (non-hydrogen) atoms. The molecule has 0 amide bonds. The molecule has 4 N–H and O–H groups in total. The van der Waals surface area contributed by atoms with Crippen molar-refractivity contribution in [2.75, 3.05) is 39.4 Å². The summed E-state index contributed by atoms with van der Waals surface area (Å²) in [6.45, 7) is 6.82. The summed E-state index contributed by atoms with van der Waals surface area (Å²) in [5.74, 6) is 0. The minimum absolute atomic E-state index is 0.362. The molecule has 0 aromatic carbocycles. The van der Waals surface area contributed by atoms with Crippen LogP contribution in [0.15, 0.2) is 0 Å². The third-order valence-corrected chi connectivity index (χ3v) is 3.33. The second kappa shape index (κ2) is 9.27. The second-order valence-electron chi connectivity index (χ2n) is 2.78. The number of nitrogens with two attached hydrogens (primary N) is 1. The molecule has 0 saturated carbocycles. The first-order valence-electron chi connectivity index (χ1n) is 5.23. The van der Waals surface area contributed by atoms with Gasteiger partial charge >= 0.3 is 7.75 Å². The summed E-state index contributed by atoms with van der Waals surface area (Å²) < 4.78 is 21.9. The van der Waals surface area contributed by atoms with E-state index in [0.717, 1.165) is 6.54 Å². The van der Waals surface area contributed by atoms with Gasteiger partial charge in [0, 0.05) is 26.2 Å². The Kier molecular flexibility index (Phi) is 9.29. The Morgan fingerprint density at radius 1 is 1.13 bits per heavy atom. The van der Waals surface area contributed by atoms with Crippen LogP contribution in [0.5, 0.6) is 0 Å². The molecule has 92 valence electrons. The first kappa shape index (κ1) is 15.0. The largest absolute Gasteiger partial charge is 0.405 e. The highest BCUT2D eigenvalue weighted by molar-refractivity contribution is 7.51. The van der Waals surface area contributed by atoms with Gasteiger partial charge in [-0.15, -0.1) is 0 Å². The Bertz CT molecular complexity index is 182. The SMILES string of the molecule is CCOP(=O)(NCCNCCN)OCC. The third kappa shape index (κ3) is 7.90. The van der Waals surface area contributed by atoms with E-state index in [-0.39, 0.29) is 0 Å². The molecule has 0 saturated heterocycles. The van der Waals surface area contributed by atoms with Crippen molar-refractivity contribution in [2.24, 2.45) is 5.73 Å². The van der Waals surface area contributed by atoms with E-state index in [9.17, 15) is 4.57 Å². The van der Waals surface area contributed by atoms with Gasteiger partial charge < -0.3 is 11.1 Å². The Hall–Kier alpha value is 0.0300. The van der Waals surface area contributed by atoms with Crippen LogP contribution < -0.4 is 16.1 Å². The van der Waals surface area contributed by atoms with Crippen LogP contribution in [-0.2, 0) is 13.6 Å². The van der Waals surface area contributed by atoms with E-state index in [2.05, 4.69) is 10.4 Å². The lowest BCUT2D eigenvalue weighted by molar-refractivity contribution is 0.211. The summed E-state index contributed by atoms with van der Waals surface area (Å²) in [6, 6.07) is 0. The quantitative estimate of drug-likeness (QED) is 0.375. The molecule has 0 aromatic heterocycles. The standard InChI is InChI=1S/C8H22N3O3P/c1-3-13-15(12,14-4-2)11-8-7-10-6-5-9/h10H,3-9H2,1-2H3,(H,11,12). The highest BCUT2D eigenvalue weighted by Crippen LogP contribution is 2.42. The summed E-state index contributed by atoms with van der Waals surface area (Å²) in [5.41, 5.74) is 5.30. The van der Waals surface area contributed by atoms with Gasteiger partial charge in [0.2, 0.25) is 0 Å². The minimum Gasteiger partial charge on any atom is -0.329 e. The van der Waals surface area contributed by atoms with Crippen molar-refractivity contribution in [3.8, 4) is 0 Å². The van der Waals surface area contributed by atoms with Gasteiger partial charge in [0.15, 0.2) is 0 Å². The topological polar surface area (TPSA) is 85.6 Å². The normalized spacial score (nSPS) is 11.9. The van der Waals surface area contributed by atoms with Gasteiger partial charge in [0.1, 0.15) is 0 Å². The van der Waals surface area contributed by atoms with Gasteiger partial charge in [-0.25, -0.2) is 9.65 Å². The Balaban J connectivity index is 3.71. The summed E-state index contributed by atoms with van der Waals surface area (Å²) in [7, 11) is -3.09. The van der Waals surface area contributed by atoms with Crippen molar-refractivity contribution in [1.82, 2.24) is 10.4 Å². The predicted molar refractivity (Wildman–Crippen MR) is 60.8 cm³/mol. The van der Waals surface area contributed by atoms with Gasteiger partial charge in [0.25, 0.3) is 0 Å². The molecule has 0 radical (unpaired) electrons. The fourth-order valence-corrected chi connectivity index (χ4v) is 2.30. The lowest BCUT2D eigenvalue weighted by Gasteiger charge is -2.17. The average Bonchev–Trinajstić information content (AvgIpc) is 2.18. The van der Waals surface area contributed by atoms with Crippen molar-refractivity contribution in [1.29, 1.82) is 0 Å². The number of hydrogen-bond donors (Lipinski definition) is 3. The zero-order valence-electron chi connectivity index (χ0n) is 9.49. The van der Waals surface area contributed by atoms with Crippen LogP contribution in [0.2, 0.25) is 0 Å². The summed E-state index contributed by atoms with van der Waals surface area (Å²) in [5, 5.41) is 5.84. The lowest BCUT2D eigenvalue weighted by Crippen LogP contribution is -2.30. The highest BCUT2D eigenvalue weighted by Gasteiger charge is 2.21. The molecule has 0 atom stereocenters. The fraction of sp³-hybridized carbons (Fsp3) is 1.00. The molecule has 0 spiro atoms. The smallest absolute Gasteiger partial charge is 0.329 e. The van der Waals surface area contributed by atoms with E-state index < -0.39 is 7.75 Å². The Morgan fingerprint density at radius 2 is 1.73 bits per heavy atom. The van der Waals surface area contributed by atoms with E-state index in [1.165, 1.54) is 0 Å². The fourth-order valence-electron chi connectivity index (χ4n) is 0.977. The van der Waals surface area contributed by atoms with Crippen molar-refractivity contribution in [2.45, 2.75) is 13.8 Å². The number of rotatable bonds is 10. The monoisotopic (exact) mass is 239 g/mol. The molecule has 7 heteroatoms. The second-order valence-corrected chi connectivity index (χ2v) is 4.61. The van der Waals surface area contributed by atoms with Crippen molar-refractivity contribution >= 4 is 7.75 Å². The molecule has 0 aliphatic rings. The van der Waals surface area contributed by atoms with Crippen molar-refractivity contribution in [3.63, 3.8) is 0 Å². The van der Waals surface area contributed by atoms with Crippen LogP contribution in [0.3, 0.4) is 0 Å². The first-order chi connectivity index (χ1) is 7.18. The lowest BCUT2D eigenvalue weighted by atomic mass is 10.6. The molecular formula is C8H22N3O3P. The molecule has 0 aliphatic heterocycles. The van der Waals surface area contributed by atoms with E-state index in [1.807, 2.05) is 0 Å². The van der Waals surface area contributed by atoms with Crippen LogP contribution in [0.25, 0.3) is 0 Å². The molecule has 0 aliphatic carbocycles. The molecule has 0 unspecified atom stereocenters. The van der Waals surface area contributed by atoms with Gasteiger partial charge in [-0.05, 0) is 13.8 Å². The Labute approximate surface area is 91.5 Å². The number of hydrogen-bond acceptors (Lipinski definition) is 5. The molecule has 0 fully saturated rings. The van der Waals surface area contributed by atoms with E-state index in [0.29, 0.717) is 32.8 Å². The van der Waals surface area contributed by atoms with Gasteiger partial charge in [0.05, 0.1) is 13.2 Å². The minimum atomic E-state index is -3.09. The third-order valence-electron chi connectivity index (χ3n) is 1.53. The summed E-state index contributed by atoms with van der Waals surface area (Å²) in [4.78, 5) is 0. The maximum Gasteiger partial charge on any atom is 0.405 e. The van der Waals surface area contributed by atoms with Crippen molar-refractivity contribution < 1.29 is 13.6 Å². The van der Waals surface area contributed by atoms with Crippen molar-refractivity contribution in [3.05, 3.63) is 0 Å². The zero-order chi connectivity index (χ0) is 11.6. The van der Waals surface area contributed by atoms with Crippen LogP contribution in [0.1, 0.15) is 13.8 Å². The first-order valence-corrected chi connectivity index (χ1v) is 6.77. The van der Waals surface area contributed by atoms with Crippen LogP contribution in [-0.4, -0.2) is 39.4 Å². The predicted octanol–water partition coefficient (Wildman–Crippen LogP) is 0.305. The van der Waals surface area contributed by atoms with Gasteiger partial charge in [-0.3, -0.25) is 9.05 Å². The maximum atomic E-state index is 11.8. The molecule has 0 heterocycles. The van der Waals surface area contributed by atoms with Crippen LogP contribution >= 0.6 is 7.75 Å². The highest BCUT2D eigenvalue weighted by atomic mass is 31.2. The maximum absolute atomic E-state index is 11.8. The summed E-state index contributed by atoms with van der Waals surface area (Å²) in [6.07, 6.45) is 0. The van der Waals surface area contributed by atoms with Gasteiger partial charge in [-0.1, -0.05) is 0 Å². The summed E-state index contributed by atoms with van der Waals surface area (Å²) >= 11 is 0. The van der Waals surface area contributed by atoms with E-state index in [4.69, 9.17) is 14.8 Å². The molecule has 0 bridgehead atoms. The van der Waals surface area contributed by atoms with Crippen LogP contribution in [0.4, 0.5) is 0 Å². The average molecular weight is 239 g/mol. The van der Waals surface area contributed by atoms with E-state index in [1.54, 1.807) is 13.8 Å². The molecule has 0 aromatic rings. The number of nitrogens with one attached hydrogen (secondary N) is 2. The Morgan fingerprint density at radius 3 is 2.20 bits per heavy atom. The molecular weight excluding hydrogens is 217 g/mol. The zero-order valence-corrected chi connectivity index (χ0v) is 10.4. The molecule has 0 rings (SSSR count). The van der Waals surface area contributed by atoms with E-state index >= 15 is 0 Å². The van der Waals surface area contributed by atoms with Crippen LogP contribution in [0, 0.1) is 0 Å². The molecule has 6 nitrogen and oxygen atoms in total. The van der Waals surface area contributed by atoms with Gasteiger partial charge in [-0.2, -0.15) is 0 Å².